The zero-order chi connectivity index (χ0) is 12.4. The molecule has 4 nitrogen and oxygen atoms in total. The van der Waals surface area contributed by atoms with E-state index in [1.807, 2.05) is 0 Å². The summed E-state index contributed by atoms with van der Waals surface area (Å²) in [6.45, 7) is 8.69. The van der Waals surface area contributed by atoms with Gasteiger partial charge < -0.3 is 15.2 Å². The van der Waals surface area contributed by atoms with Crippen LogP contribution in [0.4, 0.5) is 0 Å². The number of ether oxygens (including phenoxy) is 2. The van der Waals surface area contributed by atoms with Crippen molar-refractivity contribution in [2.24, 2.45) is 11.7 Å². The Morgan fingerprint density at radius 3 is 2.31 bits per heavy atom. The maximum atomic E-state index is 5.63. The molecule has 0 aliphatic rings. The van der Waals surface area contributed by atoms with Crippen LogP contribution >= 0.6 is 0 Å². The van der Waals surface area contributed by atoms with E-state index in [4.69, 9.17) is 15.2 Å². The van der Waals surface area contributed by atoms with Crippen LogP contribution in [0.1, 0.15) is 20.3 Å². The minimum Gasteiger partial charge on any atom is -0.383 e. The molecule has 0 amide bonds. The highest BCUT2D eigenvalue weighted by Gasteiger charge is 2.14. The maximum absolute atomic E-state index is 5.63. The number of rotatable bonds is 10. The summed E-state index contributed by atoms with van der Waals surface area (Å²) < 4.78 is 10.3. The molecule has 0 fully saturated rings. The third kappa shape index (κ3) is 7.17. The first-order valence-electron chi connectivity index (χ1n) is 6.07. The minimum absolute atomic E-state index is 0.435. The predicted octanol–water partition coefficient (Wildman–Crippen LogP) is 0.955. The molecule has 0 bridgehead atoms. The van der Waals surface area contributed by atoms with Crippen LogP contribution < -0.4 is 5.73 Å². The first-order valence-corrected chi connectivity index (χ1v) is 6.07. The molecule has 0 radical (unpaired) electrons. The zero-order valence-electron chi connectivity index (χ0n) is 11.2. The van der Waals surface area contributed by atoms with Gasteiger partial charge >= 0.3 is 0 Å². The molecule has 0 saturated carbocycles. The number of nitrogens with two attached hydrogens (primary N) is 1. The Morgan fingerprint density at radius 1 is 1.12 bits per heavy atom. The first kappa shape index (κ1) is 15.8. The van der Waals surface area contributed by atoms with E-state index in [1.165, 1.54) is 0 Å². The average Bonchev–Trinajstić information content (AvgIpc) is 2.29. The van der Waals surface area contributed by atoms with Gasteiger partial charge in [0, 0.05) is 26.8 Å². The summed E-state index contributed by atoms with van der Waals surface area (Å²) in [4.78, 5) is 2.40. The molecule has 0 aliphatic carbocycles. The van der Waals surface area contributed by atoms with Crippen LogP contribution in [0.5, 0.6) is 0 Å². The van der Waals surface area contributed by atoms with Crippen LogP contribution in [0.3, 0.4) is 0 Å². The molecule has 0 heterocycles. The van der Waals surface area contributed by atoms with Crippen molar-refractivity contribution in [1.82, 2.24) is 4.90 Å². The molecule has 2 unspecified atom stereocenters. The fourth-order valence-electron chi connectivity index (χ4n) is 1.61. The van der Waals surface area contributed by atoms with Gasteiger partial charge in [-0.2, -0.15) is 0 Å². The van der Waals surface area contributed by atoms with Gasteiger partial charge in [0.05, 0.1) is 13.2 Å². The van der Waals surface area contributed by atoms with Gasteiger partial charge in [-0.05, 0) is 32.4 Å². The molecule has 4 heteroatoms. The summed E-state index contributed by atoms with van der Waals surface area (Å²) in [7, 11) is 3.48. The molecule has 0 aliphatic heterocycles. The van der Waals surface area contributed by atoms with Crippen LogP contribution in [-0.2, 0) is 9.47 Å². The maximum Gasteiger partial charge on any atom is 0.0615 e. The first-order chi connectivity index (χ1) is 7.65. The molecular weight excluding hydrogens is 204 g/mol. The predicted molar refractivity (Wildman–Crippen MR) is 67.6 cm³/mol. The Hall–Kier alpha value is -0.160. The van der Waals surface area contributed by atoms with E-state index in [0.29, 0.717) is 12.0 Å². The average molecular weight is 232 g/mol. The fourth-order valence-corrected chi connectivity index (χ4v) is 1.61. The highest BCUT2D eigenvalue weighted by molar-refractivity contribution is 4.68. The van der Waals surface area contributed by atoms with Crippen LogP contribution in [0.25, 0.3) is 0 Å². The number of methoxy groups -OCH3 is 2. The van der Waals surface area contributed by atoms with Crippen LogP contribution in [-0.4, -0.2) is 58.0 Å². The summed E-state index contributed by atoms with van der Waals surface area (Å²) in [5, 5.41) is 0. The molecule has 0 aromatic rings. The van der Waals surface area contributed by atoms with Gasteiger partial charge in [0.15, 0.2) is 0 Å². The van der Waals surface area contributed by atoms with Gasteiger partial charge in [0.25, 0.3) is 0 Å². The third-order valence-corrected chi connectivity index (χ3v) is 2.93. The smallest absolute Gasteiger partial charge is 0.0615 e. The molecular formula is C12H28N2O2. The largest absolute Gasteiger partial charge is 0.383 e. The normalized spacial score (nSPS) is 15.4. The zero-order valence-corrected chi connectivity index (χ0v) is 11.2. The van der Waals surface area contributed by atoms with E-state index in [-0.39, 0.29) is 0 Å². The van der Waals surface area contributed by atoms with Gasteiger partial charge in [-0.1, -0.05) is 6.92 Å². The summed E-state index contributed by atoms with van der Waals surface area (Å²) in [5.74, 6) is 0.583. The van der Waals surface area contributed by atoms with Crippen molar-refractivity contribution in [3.05, 3.63) is 0 Å². The lowest BCUT2D eigenvalue weighted by atomic mass is 10.1. The number of hydrogen-bond acceptors (Lipinski definition) is 4. The lowest BCUT2D eigenvalue weighted by Gasteiger charge is -2.29. The van der Waals surface area contributed by atoms with Crippen LogP contribution in [0.2, 0.25) is 0 Å². The van der Waals surface area contributed by atoms with Crippen LogP contribution in [0.15, 0.2) is 0 Å². The monoisotopic (exact) mass is 232 g/mol. The Labute approximate surface area is 100 Å². The molecule has 0 spiro atoms. The molecule has 0 rings (SSSR count). The summed E-state index contributed by atoms with van der Waals surface area (Å²) in [5.41, 5.74) is 5.63. The Bertz CT molecular complexity index is 156. The van der Waals surface area contributed by atoms with E-state index >= 15 is 0 Å². The fraction of sp³-hybridized carbons (Fsp3) is 1.00. The highest BCUT2D eigenvalue weighted by atomic mass is 16.5. The lowest BCUT2D eigenvalue weighted by Crippen LogP contribution is -2.40. The second-order valence-corrected chi connectivity index (χ2v) is 4.46. The van der Waals surface area contributed by atoms with Gasteiger partial charge in [0.1, 0.15) is 0 Å². The highest BCUT2D eigenvalue weighted by Crippen LogP contribution is 2.06. The summed E-state index contributed by atoms with van der Waals surface area (Å²) in [6.07, 6.45) is 1.13. The lowest BCUT2D eigenvalue weighted by molar-refractivity contribution is 0.0720. The third-order valence-electron chi connectivity index (χ3n) is 2.93. The Kier molecular flexibility index (Phi) is 9.92. The summed E-state index contributed by atoms with van der Waals surface area (Å²) >= 11 is 0. The topological polar surface area (TPSA) is 47.7 Å². The summed E-state index contributed by atoms with van der Waals surface area (Å²) in [6, 6.07) is 0.435. The molecule has 2 N–H and O–H groups in total. The van der Waals surface area contributed by atoms with Gasteiger partial charge in [0.2, 0.25) is 0 Å². The quantitative estimate of drug-likeness (QED) is 0.609. The van der Waals surface area contributed by atoms with Crippen molar-refractivity contribution in [1.29, 1.82) is 0 Å². The number of hydrogen-bond donors (Lipinski definition) is 1. The minimum atomic E-state index is 0.435. The van der Waals surface area contributed by atoms with Crippen molar-refractivity contribution < 1.29 is 9.47 Å². The van der Waals surface area contributed by atoms with Crippen LogP contribution in [0, 0.1) is 5.92 Å². The molecule has 16 heavy (non-hydrogen) atoms. The van der Waals surface area contributed by atoms with Crippen molar-refractivity contribution in [3.8, 4) is 0 Å². The molecule has 2 atom stereocenters. The van der Waals surface area contributed by atoms with Gasteiger partial charge in [-0.15, -0.1) is 0 Å². The van der Waals surface area contributed by atoms with Crippen molar-refractivity contribution >= 4 is 0 Å². The van der Waals surface area contributed by atoms with Crippen molar-refractivity contribution in [2.75, 3.05) is 47.1 Å². The molecule has 98 valence electrons. The Morgan fingerprint density at radius 2 is 1.81 bits per heavy atom. The SMILES string of the molecule is COCCN(CCC(C)CN)C(C)COC. The van der Waals surface area contributed by atoms with Crippen molar-refractivity contribution in [3.63, 3.8) is 0 Å². The van der Waals surface area contributed by atoms with Gasteiger partial charge in [-0.3, -0.25) is 4.90 Å². The standard InChI is InChI=1S/C12H28N2O2/c1-11(9-13)5-6-14(7-8-15-3)12(2)10-16-4/h11-12H,5-10,13H2,1-4H3. The van der Waals surface area contributed by atoms with Gasteiger partial charge in [-0.25, -0.2) is 0 Å². The van der Waals surface area contributed by atoms with E-state index in [1.54, 1.807) is 14.2 Å². The second kappa shape index (κ2) is 10.0. The van der Waals surface area contributed by atoms with Crippen molar-refractivity contribution in [2.45, 2.75) is 26.3 Å². The van der Waals surface area contributed by atoms with E-state index in [9.17, 15) is 0 Å². The van der Waals surface area contributed by atoms with E-state index < -0.39 is 0 Å². The molecule has 0 aromatic carbocycles. The molecule has 0 saturated heterocycles. The second-order valence-electron chi connectivity index (χ2n) is 4.46. The van der Waals surface area contributed by atoms with E-state index in [2.05, 4.69) is 18.7 Å². The van der Waals surface area contributed by atoms with E-state index in [0.717, 1.165) is 39.3 Å². The Balaban J connectivity index is 3.98. The number of nitrogens with zero attached hydrogens (tertiary/aromatic N) is 1. The molecule has 0 aromatic heterocycles.